The van der Waals surface area contributed by atoms with E-state index < -0.39 is 90.4 Å². The second-order valence-corrected chi connectivity index (χ2v) is 10.5. The van der Waals surface area contributed by atoms with Crippen LogP contribution < -0.4 is 10.6 Å². The maximum absolute atomic E-state index is 14.0. The number of rotatable bonds is 11. The zero-order valence-electron chi connectivity index (χ0n) is 22.2. The molecule has 41 heavy (non-hydrogen) atoms. The minimum Gasteiger partial charge on any atom is -0.460 e. The second-order valence-electron chi connectivity index (χ2n) is 10.5. The molecule has 2 N–H and O–H groups in total. The number of esters is 1. The Balaban J connectivity index is 5.87. The number of hydrogen-bond acceptors (Lipinski definition) is 5. The molecule has 0 unspecified atom stereocenters. The van der Waals surface area contributed by atoms with Crippen LogP contribution in [0, 0.1) is 0 Å². The van der Waals surface area contributed by atoms with Gasteiger partial charge in [0.1, 0.15) is 17.2 Å². The zero-order chi connectivity index (χ0) is 33.3. The van der Waals surface area contributed by atoms with E-state index in [0.717, 1.165) is 0 Å². The van der Waals surface area contributed by atoms with Crippen LogP contribution in [-0.2, 0) is 19.1 Å². The Hall–Kier alpha value is -2.70. The van der Waals surface area contributed by atoms with Crippen LogP contribution in [0.1, 0.15) is 54.4 Å². The molecule has 0 aliphatic carbocycles. The molecule has 0 aliphatic heterocycles. The number of alkyl carbamates (subject to hydrolysis) is 1. The molecule has 0 saturated carbocycles. The molecule has 20 heteroatoms. The highest BCUT2D eigenvalue weighted by Crippen LogP contribution is 2.60. The normalized spacial score (nSPS) is 15.2. The summed E-state index contributed by atoms with van der Waals surface area (Å²) in [5.41, 5.74) is -2.32. The molecule has 7 nitrogen and oxygen atoms in total. The summed E-state index contributed by atoms with van der Waals surface area (Å²) in [4.78, 5) is 36.4. The average molecular weight is 634 g/mol. The van der Waals surface area contributed by atoms with Crippen LogP contribution in [-0.4, -0.2) is 77.5 Å². The molecule has 242 valence electrons. The third-order valence-corrected chi connectivity index (χ3v) is 4.53. The van der Waals surface area contributed by atoms with Gasteiger partial charge in [-0.05, 0) is 41.5 Å². The number of hydrogen-bond donors (Lipinski definition) is 2. The maximum atomic E-state index is 14.0. The number of halogens is 13. The monoisotopic (exact) mass is 634 g/mol. The lowest BCUT2D eigenvalue weighted by Crippen LogP contribution is -2.70. The van der Waals surface area contributed by atoms with Crippen LogP contribution in [0.4, 0.5) is 61.9 Å². The van der Waals surface area contributed by atoms with E-state index in [1.165, 1.54) is 46.9 Å². The van der Waals surface area contributed by atoms with Crippen molar-refractivity contribution in [1.29, 1.82) is 0 Å². The number of carbonyl (C=O) groups excluding carboxylic acids is 3. The minimum atomic E-state index is -8.05. The topological polar surface area (TPSA) is 93.7 Å². The van der Waals surface area contributed by atoms with Crippen molar-refractivity contribution in [3.63, 3.8) is 0 Å². The molecule has 0 fully saturated rings. The summed E-state index contributed by atoms with van der Waals surface area (Å²) >= 11 is 0. The van der Waals surface area contributed by atoms with Gasteiger partial charge in [-0.3, -0.25) is 9.59 Å². The molecule has 0 aromatic carbocycles. The quantitative estimate of drug-likeness (QED) is 0.220. The third kappa shape index (κ3) is 9.14. The van der Waals surface area contributed by atoms with E-state index in [1.807, 2.05) is 5.32 Å². The van der Waals surface area contributed by atoms with Crippen LogP contribution in [0.25, 0.3) is 0 Å². The molecular weight excluding hydrogens is 607 g/mol. The van der Waals surface area contributed by atoms with Gasteiger partial charge in [0.05, 0.1) is 6.42 Å². The van der Waals surface area contributed by atoms with E-state index >= 15 is 0 Å². The summed E-state index contributed by atoms with van der Waals surface area (Å²) in [7, 11) is 0. The van der Waals surface area contributed by atoms with Crippen LogP contribution in [0.15, 0.2) is 0 Å². The first-order valence-corrected chi connectivity index (χ1v) is 11.2. The summed E-state index contributed by atoms with van der Waals surface area (Å²) < 4.78 is 181. The van der Waals surface area contributed by atoms with Crippen molar-refractivity contribution < 1.29 is 80.9 Å². The molecule has 0 bridgehead atoms. The number of carbonyl (C=O) groups is 3. The van der Waals surface area contributed by atoms with Crippen LogP contribution in [0.5, 0.6) is 0 Å². The van der Waals surface area contributed by atoms with Crippen LogP contribution in [0.2, 0.25) is 0 Å². The molecule has 0 saturated heterocycles. The number of ether oxygens (including phenoxy) is 2. The predicted octanol–water partition coefficient (Wildman–Crippen LogP) is 5.86. The first-order valence-electron chi connectivity index (χ1n) is 11.2. The van der Waals surface area contributed by atoms with Crippen molar-refractivity contribution in [3.05, 3.63) is 0 Å². The Morgan fingerprint density at radius 3 is 1.44 bits per heavy atom. The van der Waals surface area contributed by atoms with E-state index in [4.69, 9.17) is 9.47 Å². The van der Waals surface area contributed by atoms with Gasteiger partial charge in [-0.15, -0.1) is 0 Å². The fraction of sp³-hybridized carbons (Fsp3) is 0.857. The Labute approximate surface area is 224 Å². The fourth-order valence-corrected chi connectivity index (χ4v) is 2.63. The van der Waals surface area contributed by atoms with Crippen molar-refractivity contribution in [2.45, 2.75) is 107 Å². The van der Waals surface area contributed by atoms with Crippen molar-refractivity contribution >= 4 is 18.0 Å². The van der Waals surface area contributed by atoms with Crippen molar-refractivity contribution in [2.75, 3.05) is 6.54 Å². The molecular formula is C21H27F13N2O5. The molecule has 0 aromatic rings. The summed E-state index contributed by atoms with van der Waals surface area (Å²) in [5.74, 6) is -40.6. The maximum Gasteiger partial charge on any atom is 0.460 e. The lowest BCUT2D eigenvalue weighted by Gasteiger charge is -2.39. The van der Waals surface area contributed by atoms with E-state index in [-0.39, 0.29) is 0 Å². The summed E-state index contributed by atoms with van der Waals surface area (Å²) in [6.45, 7) is 6.42. The lowest BCUT2D eigenvalue weighted by molar-refractivity contribution is -0.440. The van der Waals surface area contributed by atoms with Gasteiger partial charge in [0.25, 0.3) is 0 Å². The molecule has 0 heterocycles. The van der Waals surface area contributed by atoms with E-state index in [2.05, 4.69) is 0 Å². The van der Waals surface area contributed by atoms with Gasteiger partial charge in [0.2, 0.25) is 5.91 Å². The highest BCUT2D eigenvalue weighted by Gasteiger charge is 2.90. The van der Waals surface area contributed by atoms with E-state index in [1.54, 1.807) is 0 Å². The summed E-state index contributed by atoms with van der Waals surface area (Å²) in [6.07, 6.45) is -12.7. The van der Waals surface area contributed by atoms with Gasteiger partial charge >= 0.3 is 47.9 Å². The summed E-state index contributed by atoms with van der Waals surface area (Å²) in [6, 6.07) is -2.04. The van der Waals surface area contributed by atoms with Gasteiger partial charge in [0.15, 0.2) is 0 Å². The number of amides is 2. The van der Waals surface area contributed by atoms with E-state index in [0.29, 0.717) is 0 Å². The molecule has 0 rings (SSSR count). The highest BCUT2D eigenvalue weighted by molar-refractivity contribution is 5.89. The highest BCUT2D eigenvalue weighted by atomic mass is 19.4. The Kier molecular flexibility index (Phi) is 11.1. The number of nitrogens with one attached hydrogen (secondary N) is 2. The Morgan fingerprint density at radius 2 is 1.05 bits per heavy atom. The predicted molar refractivity (Wildman–Crippen MR) is 112 cm³/mol. The Morgan fingerprint density at radius 1 is 0.634 bits per heavy atom. The average Bonchev–Trinajstić information content (AvgIpc) is 2.68. The number of alkyl halides is 13. The second kappa shape index (κ2) is 11.9. The molecule has 0 aromatic heterocycles. The van der Waals surface area contributed by atoms with Crippen LogP contribution in [0.3, 0.4) is 0 Å². The molecule has 1 atom stereocenters. The van der Waals surface area contributed by atoms with Gasteiger partial charge in [-0.2, -0.15) is 57.1 Å². The third-order valence-electron chi connectivity index (χ3n) is 4.53. The minimum absolute atomic E-state index is 1.04. The fourth-order valence-electron chi connectivity index (χ4n) is 2.63. The molecule has 0 radical (unpaired) electrons. The van der Waals surface area contributed by atoms with Gasteiger partial charge < -0.3 is 20.1 Å². The smallest absolute Gasteiger partial charge is 0.460 e. The van der Waals surface area contributed by atoms with E-state index in [9.17, 15) is 71.5 Å². The Bertz CT molecular complexity index is 925. The molecule has 0 spiro atoms. The largest absolute Gasteiger partial charge is 0.460 e. The first-order chi connectivity index (χ1) is 17.7. The van der Waals surface area contributed by atoms with Crippen molar-refractivity contribution in [3.8, 4) is 0 Å². The zero-order valence-corrected chi connectivity index (χ0v) is 22.2. The lowest BCUT2D eigenvalue weighted by atomic mass is 9.92. The molecule has 0 aliphatic rings. The SMILES string of the molecule is CC(C)(C)OC(=O)C[C@H](NC(=O)OC(C)(C)C)C(=O)NCCC(F)(F)C(F)(F)C(F)(F)C(F)(F)C(F)(F)C(F)(F)F. The van der Waals surface area contributed by atoms with Crippen LogP contribution >= 0.6 is 0 Å². The standard InChI is InChI=1S/C21H27F13N2O5/c1-14(2,3)40-11(37)9-10(36-13(39)41-15(4,5)6)12(38)35-8-7-16(22,23)17(24,25)18(26,27)19(28,29)20(30,31)21(32,33)34/h10H,7-9H2,1-6H3,(H,35,38)(H,36,39)/t10-/m0/s1. The summed E-state index contributed by atoms with van der Waals surface area (Å²) in [5, 5.41) is 3.23. The van der Waals surface area contributed by atoms with Gasteiger partial charge in [0, 0.05) is 13.0 Å². The van der Waals surface area contributed by atoms with Crippen molar-refractivity contribution in [2.24, 2.45) is 0 Å². The molecule has 2 amide bonds. The van der Waals surface area contributed by atoms with Gasteiger partial charge in [-0.1, -0.05) is 0 Å². The van der Waals surface area contributed by atoms with Gasteiger partial charge in [-0.25, -0.2) is 4.79 Å². The van der Waals surface area contributed by atoms with Crippen molar-refractivity contribution in [1.82, 2.24) is 10.6 Å². The first kappa shape index (κ1) is 38.3.